The quantitative estimate of drug-likeness (QED) is 0.830. The zero-order valence-corrected chi connectivity index (χ0v) is 11.2. The number of hydrogen-bond acceptors (Lipinski definition) is 3. The fourth-order valence-corrected chi connectivity index (χ4v) is 1.69. The van der Waals surface area contributed by atoms with Crippen molar-refractivity contribution in [2.24, 2.45) is 0 Å². The Kier molecular flexibility index (Phi) is 5.04. The van der Waals surface area contributed by atoms with Crippen molar-refractivity contribution < 1.29 is 18.7 Å². The number of amides is 1. The molecule has 0 aromatic heterocycles. The maximum Gasteiger partial charge on any atom is 0.258 e. The molecule has 0 saturated heterocycles. The Morgan fingerprint density at radius 2 is 1.95 bits per heavy atom. The van der Waals surface area contributed by atoms with E-state index in [1.807, 2.05) is 0 Å². The first kappa shape index (κ1) is 14.7. The second kappa shape index (κ2) is 7.19. The fourth-order valence-electron chi connectivity index (χ4n) is 1.69. The molecule has 0 saturated carbocycles. The van der Waals surface area contributed by atoms with Gasteiger partial charge in [-0.15, -0.1) is 0 Å². The Morgan fingerprint density at radius 1 is 1.19 bits per heavy atom. The highest BCUT2D eigenvalue weighted by Gasteiger charge is 2.03. The lowest BCUT2D eigenvalue weighted by Crippen LogP contribution is -2.28. The molecule has 0 unspecified atom stereocenters. The predicted molar refractivity (Wildman–Crippen MR) is 75.6 cm³/mol. The van der Waals surface area contributed by atoms with Crippen LogP contribution in [0.15, 0.2) is 48.5 Å². The van der Waals surface area contributed by atoms with E-state index < -0.39 is 0 Å². The van der Waals surface area contributed by atoms with E-state index in [0.29, 0.717) is 16.9 Å². The highest BCUT2D eigenvalue weighted by atomic mass is 19.1. The molecule has 0 atom stereocenters. The zero-order chi connectivity index (χ0) is 15.1. The van der Waals surface area contributed by atoms with Gasteiger partial charge in [0, 0.05) is 12.1 Å². The summed E-state index contributed by atoms with van der Waals surface area (Å²) >= 11 is 0. The van der Waals surface area contributed by atoms with Gasteiger partial charge in [0.2, 0.25) is 0 Å². The number of nitrogens with one attached hydrogen (secondary N) is 1. The van der Waals surface area contributed by atoms with E-state index in [-0.39, 0.29) is 24.9 Å². The molecule has 5 heteroatoms. The Morgan fingerprint density at radius 3 is 2.62 bits per heavy atom. The summed E-state index contributed by atoms with van der Waals surface area (Å²) in [7, 11) is 0. The average Bonchev–Trinajstić information content (AvgIpc) is 2.51. The molecule has 1 amide bonds. The number of halogens is 1. The number of ether oxygens (including phenoxy) is 1. The Hall–Kier alpha value is -2.69. The second-order valence-corrected chi connectivity index (χ2v) is 4.38. The van der Waals surface area contributed by atoms with E-state index >= 15 is 0 Å². The monoisotopic (exact) mass is 287 g/mol. The molecule has 0 bridgehead atoms. The Labute approximate surface area is 121 Å². The van der Waals surface area contributed by atoms with Crippen LogP contribution in [0.2, 0.25) is 0 Å². The van der Waals surface area contributed by atoms with Gasteiger partial charge >= 0.3 is 0 Å². The maximum atomic E-state index is 13.0. The molecular formula is C16H14FNO3. The Bertz CT molecular complexity index is 626. The third-order valence-corrected chi connectivity index (χ3v) is 2.76. The average molecular weight is 287 g/mol. The highest BCUT2D eigenvalue weighted by Crippen LogP contribution is 2.10. The molecular weight excluding hydrogens is 273 g/mol. The van der Waals surface area contributed by atoms with Gasteiger partial charge in [-0.2, -0.15) is 0 Å². The van der Waals surface area contributed by atoms with E-state index in [4.69, 9.17) is 4.74 Å². The summed E-state index contributed by atoms with van der Waals surface area (Å²) in [6.45, 7) is 0.0970. The number of rotatable bonds is 6. The van der Waals surface area contributed by atoms with Gasteiger partial charge in [-0.1, -0.05) is 12.1 Å². The van der Waals surface area contributed by atoms with Crippen LogP contribution < -0.4 is 10.1 Å². The van der Waals surface area contributed by atoms with Crippen LogP contribution in [0.4, 0.5) is 4.39 Å². The lowest BCUT2D eigenvalue weighted by Gasteiger charge is -2.07. The molecule has 0 aliphatic carbocycles. The number of carbonyl (C=O) groups excluding carboxylic acids is 2. The van der Waals surface area contributed by atoms with Crippen molar-refractivity contribution >= 4 is 12.2 Å². The van der Waals surface area contributed by atoms with E-state index in [0.717, 1.165) is 6.29 Å². The molecule has 2 aromatic carbocycles. The van der Waals surface area contributed by atoms with Crippen LogP contribution in [0.25, 0.3) is 0 Å². The topological polar surface area (TPSA) is 55.4 Å². The predicted octanol–water partition coefficient (Wildman–Crippen LogP) is 2.33. The molecule has 0 fully saturated rings. The van der Waals surface area contributed by atoms with Crippen molar-refractivity contribution in [3.8, 4) is 5.75 Å². The van der Waals surface area contributed by atoms with Gasteiger partial charge in [0.15, 0.2) is 6.61 Å². The zero-order valence-electron chi connectivity index (χ0n) is 11.2. The lowest BCUT2D eigenvalue weighted by molar-refractivity contribution is -0.123. The summed E-state index contributed by atoms with van der Waals surface area (Å²) in [5, 5.41) is 2.63. The van der Waals surface area contributed by atoms with Gasteiger partial charge in [0.25, 0.3) is 5.91 Å². The SMILES string of the molecule is O=Cc1ccc(OCC(=O)NCc2cccc(F)c2)cc1. The number of aldehydes is 1. The summed E-state index contributed by atoms with van der Waals surface area (Å²) in [5.74, 6) is -0.145. The van der Waals surface area contributed by atoms with E-state index in [2.05, 4.69) is 5.32 Å². The first-order valence-electron chi connectivity index (χ1n) is 6.36. The Balaban J connectivity index is 1.77. The van der Waals surface area contributed by atoms with Gasteiger partial charge in [-0.05, 0) is 42.0 Å². The van der Waals surface area contributed by atoms with Crippen molar-refractivity contribution in [3.05, 3.63) is 65.5 Å². The van der Waals surface area contributed by atoms with Crippen LogP contribution in [0.5, 0.6) is 5.75 Å². The molecule has 21 heavy (non-hydrogen) atoms. The minimum absolute atomic E-state index is 0.143. The first-order valence-corrected chi connectivity index (χ1v) is 6.36. The van der Waals surface area contributed by atoms with Crippen molar-refractivity contribution in [1.29, 1.82) is 0 Å². The van der Waals surface area contributed by atoms with Gasteiger partial charge in [0.05, 0.1) is 0 Å². The van der Waals surface area contributed by atoms with Crippen LogP contribution in [0.3, 0.4) is 0 Å². The second-order valence-electron chi connectivity index (χ2n) is 4.38. The normalized spacial score (nSPS) is 9.95. The minimum atomic E-state index is -0.340. The molecule has 2 aromatic rings. The number of carbonyl (C=O) groups is 2. The van der Waals surface area contributed by atoms with Gasteiger partial charge in [-0.25, -0.2) is 4.39 Å². The molecule has 108 valence electrons. The van der Waals surface area contributed by atoms with Crippen LogP contribution in [-0.2, 0) is 11.3 Å². The minimum Gasteiger partial charge on any atom is -0.484 e. The van der Waals surface area contributed by atoms with Crippen LogP contribution in [-0.4, -0.2) is 18.8 Å². The summed E-state index contributed by atoms with van der Waals surface area (Å²) < 4.78 is 18.2. The van der Waals surface area contributed by atoms with Gasteiger partial charge < -0.3 is 10.1 Å². The van der Waals surface area contributed by atoms with Crippen molar-refractivity contribution in [1.82, 2.24) is 5.32 Å². The van der Waals surface area contributed by atoms with E-state index in [1.165, 1.54) is 12.1 Å². The largest absolute Gasteiger partial charge is 0.484 e. The third kappa shape index (κ3) is 4.72. The smallest absolute Gasteiger partial charge is 0.258 e. The molecule has 4 nitrogen and oxygen atoms in total. The molecule has 0 aliphatic rings. The molecule has 0 radical (unpaired) electrons. The van der Waals surface area contributed by atoms with E-state index in [1.54, 1.807) is 36.4 Å². The summed E-state index contributed by atoms with van der Waals surface area (Å²) in [4.78, 5) is 22.1. The molecule has 0 spiro atoms. The van der Waals surface area contributed by atoms with E-state index in [9.17, 15) is 14.0 Å². The summed E-state index contributed by atoms with van der Waals surface area (Å²) in [6, 6.07) is 12.5. The number of hydrogen-bond donors (Lipinski definition) is 1. The number of benzene rings is 2. The van der Waals surface area contributed by atoms with Crippen molar-refractivity contribution in [3.63, 3.8) is 0 Å². The van der Waals surface area contributed by atoms with Crippen LogP contribution >= 0.6 is 0 Å². The fraction of sp³-hybridized carbons (Fsp3) is 0.125. The summed E-state index contributed by atoms with van der Waals surface area (Å²) in [5.41, 5.74) is 1.22. The van der Waals surface area contributed by atoms with Gasteiger partial charge in [0.1, 0.15) is 17.9 Å². The van der Waals surface area contributed by atoms with Gasteiger partial charge in [-0.3, -0.25) is 9.59 Å². The highest BCUT2D eigenvalue weighted by molar-refractivity contribution is 5.77. The third-order valence-electron chi connectivity index (χ3n) is 2.76. The van der Waals surface area contributed by atoms with Crippen molar-refractivity contribution in [2.75, 3.05) is 6.61 Å². The maximum absolute atomic E-state index is 13.0. The standard InChI is InChI=1S/C16H14FNO3/c17-14-3-1-2-13(8-14)9-18-16(20)11-21-15-6-4-12(10-19)5-7-15/h1-8,10H,9,11H2,(H,18,20). The van der Waals surface area contributed by atoms with Crippen LogP contribution in [0.1, 0.15) is 15.9 Å². The molecule has 2 rings (SSSR count). The molecule has 0 aliphatic heterocycles. The summed E-state index contributed by atoms with van der Waals surface area (Å²) in [6.07, 6.45) is 0.732. The van der Waals surface area contributed by atoms with Crippen molar-refractivity contribution in [2.45, 2.75) is 6.54 Å². The van der Waals surface area contributed by atoms with Crippen LogP contribution in [0, 0.1) is 5.82 Å². The molecule has 0 heterocycles. The first-order chi connectivity index (χ1) is 10.2. The molecule has 1 N–H and O–H groups in total. The lowest BCUT2D eigenvalue weighted by atomic mass is 10.2.